The first kappa shape index (κ1) is 16.9. The van der Waals surface area contributed by atoms with Crippen molar-refractivity contribution in [3.05, 3.63) is 24.5 Å². The van der Waals surface area contributed by atoms with Crippen LogP contribution in [0.2, 0.25) is 0 Å². The van der Waals surface area contributed by atoms with Crippen molar-refractivity contribution in [1.29, 1.82) is 0 Å². The number of pyridine rings is 1. The highest BCUT2D eigenvalue weighted by Crippen LogP contribution is 2.28. The van der Waals surface area contributed by atoms with Gasteiger partial charge in [0.1, 0.15) is 10.5 Å². The number of rotatable bonds is 5. The molecule has 9 heteroatoms. The highest BCUT2D eigenvalue weighted by Gasteiger charge is 2.34. The molecule has 8 nitrogen and oxygen atoms in total. The lowest BCUT2D eigenvalue weighted by Gasteiger charge is -2.31. The van der Waals surface area contributed by atoms with Crippen molar-refractivity contribution < 1.29 is 13.2 Å². The summed E-state index contributed by atoms with van der Waals surface area (Å²) in [4.78, 5) is 19.3. The standard InChI is InChI=1S/C15H21N5O3S/c16-5-7-18-15(21)11-3-2-8-20(10-11)24(22,23)13-9-19-14-12(13)4-1-6-17-14/h1,4,6,9,11H,2-3,5,7-8,10,16H2,(H,17,19)(H,18,21). The molecule has 0 aliphatic carbocycles. The number of hydrogen-bond donors (Lipinski definition) is 3. The van der Waals surface area contributed by atoms with E-state index in [1.165, 1.54) is 10.5 Å². The number of hydrogen-bond acceptors (Lipinski definition) is 5. The molecule has 0 spiro atoms. The van der Waals surface area contributed by atoms with Gasteiger partial charge in [0, 0.05) is 44.0 Å². The third kappa shape index (κ3) is 3.14. The molecular formula is C15H21N5O3S. The number of H-pyrrole nitrogens is 1. The number of nitrogens with one attached hydrogen (secondary N) is 2. The zero-order chi connectivity index (χ0) is 17.2. The summed E-state index contributed by atoms with van der Waals surface area (Å²) in [7, 11) is -3.67. The lowest BCUT2D eigenvalue weighted by atomic mass is 9.99. The predicted molar refractivity (Wildman–Crippen MR) is 89.6 cm³/mol. The van der Waals surface area contributed by atoms with Gasteiger partial charge in [-0.2, -0.15) is 4.31 Å². The molecule has 2 aromatic rings. The number of aromatic nitrogens is 2. The van der Waals surface area contributed by atoms with Crippen LogP contribution < -0.4 is 11.1 Å². The minimum atomic E-state index is -3.67. The Bertz CT molecular complexity index is 833. The summed E-state index contributed by atoms with van der Waals surface area (Å²) in [5.74, 6) is -0.482. The molecule has 1 aliphatic rings. The fraction of sp³-hybridized carbons (Fsp3) is 0.467. The molecule has 0 bridgehead atoms. The molecule has 1 fully saturated rings. The molecule has 130 valence electrons. The minimum absolute atomic E-state index is 0.138. The monoisotopic (exact) mass is 351 g/mol. The highest BCUT2D eigenvalue weighted by atomic mass is 32.2. The molecule has 24 heavy (non-hydrogen) atoms. The lowest BCUT2D eigenvalue weighted by molar-refractivity contribution is -0.126. The van der Waals surface area contributed by atoms with Crippen LogP contribution in [0.25, 0.3) is 11.0 Å². The largest absolute Gasteiger partial charge is 0.355 e. The summed E-state index contributed by atoms with van der Waals surface area (Å²) in [6.07, 6.45) is 4.40. The molecule has 1 unspecified atom stereocenters. The van der Waals surface area contributed by atoms with Gasteiger partial charge in [0.15, 0.2) is 0 Å². The topological polar surface area (TPSA) is 121 Å². The molecular weight excluding hydrogens is 330 g/mol. The number of carbonyl (C=O) groups is 1. The first-order valence-electron chi connectivity index (χ1n) is 7.94. The zero-order valence-corrected chi connectivity index (χ0v) is 14.1. The Hall–Kier alpha value is -1.97. The van der Waals surface area contributed by atoms with Crippen LogP contribution >= 0.6 is 0 Å². The number of piperidine rings is 1. The number of nitrogens with zero attached hydrogens (tertiary/aromatic N) is 2. The summed E-state index contributed by atoms with van der Waals surface area (Å²) < 4.78 is 27.3. The molecule has 3 heterocycles. The molecule has 0 aromatic carbocycles. The molecule has 0 radical (unpaired) electrons. The van der Waals surface area contributed by atoms with Gasteiger partial charge >= 0.3 is 0 Å². The van der Waals surface area contributed by atoms with Gasteiger partial charge in [-0.15, -0.1) is 0 Å². The maximum atomic E-state index is 13.0. The number of aromatic amines is 1. The van der Waals surface area contributed by atoms with Gasteiger partial charge in [-0.3, -0.25) is 4.79 Å². The fourth-order valence-electron chi connectivity index (χ4n) is 3.00. The Balaban J connectivity index is 1.83. The van der Waals surface area contributed by atoms with Crippen molar-refractivity contribution in [3.8, 4) is 0 Å². The minimum Gasteiger partial charge on any atom is -0.355 e. The van der Waals surface area contributed by atoms with Crippen molar-refractivity contribution in [2.24, 2.45) is 11.7 Å². The molecule has 1 aliphatic heterocycles. The van der Waals surface area contributed by atoms with Gasteiger partial charge in [-0.05, 0) is 25.0 Å². The van der Waals surface area contributed by atoms with Gasteiger partial charge in [0.2, 0.25) is 15.9 Å². The maximum absolute atomic E-state index is 13.0. The van der Waals surface area contributed by atoms with E-state index in [-0.39, 0.29) is 23.3 Å². The first-order chi connectivity index (χ1) is 11.5. The highest BCUT2D eigenvalue weighted by molar-refractivity contribution is 7.89. The fourth-order valence-corrected chi connectivity index (χ4v) is 4.67. The van der Waals surface area contributed by atoms with Gasteiger partial charge in [-0.25, -0.2) is 13.4 Å². The van der Waals surface area contributed by atoms with E-state index in [4.69, 9.17) is 5.73 Å². The molecule has 3 rings (SSSR count). The van der Waals surface area contributed by atoms with Crippen LogP contribution in [0.5, 0.6) is 0 Å². The smallest absolute Gasteiger partial charge is 0.245 e. The third-order valence-corrected chi connectivity index (χ3v) is 6.13. The average molecular weight is 351 g/mol. The molecule has 1 atom stereocenters. The third-order valence-electron chi connectivity index (χ3n) is 4.23. The summed E-state index contributed by atoms with van der Waals surface area (Å²) in [6, 6.07) is 3.43. The second-order valence-corrected chi connectivity index (χ2v) is 7.74. The van der Waals surface area contributed by atoms with Gasteiger partial charge in [0.05, 0.1) is 5.92 Å². The van der Waals surface area contributed by atoms with E-state index in [1.54, 1.807) is 18.3 Å². The Morgan fingerprint density at radius 1 is 1.50 bits per heavy atom. The normalized spacial score (nSPS) is 19.5. The van der Waals surface area contributed by atoms with Crippen LogP contribution in [0.1, 0.15) is 12.8 Å². The summed E-state index contributed by atoms with van der Waals surface area (Å²) >= 11 is 0. The second-order valence-electron chi connectivity index (χ2n) is 5.83. The number of fused-ring (bicyclic) bond motifs is 1. The van der Waals surface area contributed by atoms with Crippen molar-refractivity contribution in [2.45, 2.75) is 17.7 Å². The number of sulfonamides is 1. The maximum Gasteiger partial charge on any atom is 0.245 e. The summed E-state index contributed by atoms with van der Waals surface area (Å²) in [6.45, 7) is 1.36. The van der Waals surface area contributed by atoms with Gasteiger partial charge < -0.3 is 16.0 Å². The van der Waals surface area contributed by atoms with E-state index in [1.807, 2.05) is 0 Å². The van der Waals surface area contributed by atoms with E-state index < -0.39 is 10.0 Å². The predicted octanol–water partition coefficient (Wildman–Crippen LogP) is 0.0385. The first-order valence-corrected chi connectivity index (χ1v) is 9.38. The van der Waals surface area contributed by atoms with Gasteiger partial charge in [0.25, 0.3) is 0 Å². The van der Waals surface area contributed by atoms with Crippen molar-refractivity contribution in [2.75, 3.05) is 26.2 Å². The van der Waals surface area contributed by atoms with Crippen LogP contribution in [-0.4, -0.2) is 54.8 Å². The van der Waals surface area contributed by atoms with E-state index in [0.717, 1.165) is 0 Å². The Labute approximate surface area is 140 Å². The molecule has 0 saturated carbocycles. The molecule has 1 saturated heterocycles. The SMILES string of the molecule is NCCNC(=O)C1CCCN(S(=O)(=O)c2c[nH]c3ncccc23)C1. The summed E-state index contributed by atoms with van der Waals surface area (Å²) in [5, 5.41) is 3.30. The van der Waals surface area contributed by atoms with E-state index in [0.29, 0.717) is 43.5 Å². The quantitative estimate of drug-likeness (QED) is 0.702. The van der Waals surface area contributed by atoms with Crippen molar-refractivity contribution >= 4 is 27.0 Å². The Morgan fingerprint density at radius 3 is 3.12 bits per heavy atom. The number of carbonyl (C=O) groups excluding carboxylic acids is 1. The zero-order valence-electron chi connectivity index (χ0n) is 13.2. The molecule has 1 amide bonds. The van der Waals surface area contributed by atoms with Crippen molar-refractivity contribution in [3.63, 3.8) is 0 Å². The lowest BCUT2D eigenvalue weighted by Crippen LogP contribution is -2.46. The van der Waals surface area contributed by atoms with E-state index >= 15 is 0 Å². The van der Waals surface area contributed by atoms with Crippen LogP contribution in [-0.2, 0) is 14.8 Å². The summed E-state index contributed by atoms with van der Waals surface area (Å²) in [5.41, 5.74) is 5.92. The van der Waals surface area contributed by atoms with Crippen LogP contribution in [0.15, 0.2) is 29.4 Å². The van der Waals surface area contributed by atoms with E-state index in [9.17, 15) is 13.2 Å². The molecule has 2 aromatic heterocycles. The van der Waals surface area contributed by atoms with Crippen molar-refractivity contribution in [1.82, 2.24) is 19.6 Å². The van der Waals surface area contributed by atoms with E-state index in [2.05, 4.69) is 15.3 Å². The van der Waals surface area contributed by atoms with Crippen LogP contribution in [0, 0.1) is 5.92 Å². The number of amides is 1. The number of nitrogens with two attached hydrogens (primary N) is 1. The van der Waals surface area contributed by atoms with Gasteiger partial charge in [-0.1, -0.05) is 0 Å². The average Bonchev–Trinajstić information content (AvgIpc) is 3.04. The Kier molecular flexibility index (Phi) is 4.83. The Morgan fingerprint density at radius 2 is 2.33 bits per heavy atom. The second kappa shape index (κ2) is 6.88. The van der Waals surface area contributed by atoms with Crippen LogP contribution in [0.4, 0.5) is 0 Å². The van der Waals surface area contributed by atoms with Crippen LogP contribution in [0.3, 0.4) is 0 Å². The molecule has 4 N–H and O–H groups in total.